The van der Waals surface area contributed by atoms with Gasteiger partial charge < -0.3 is 19.3 Å². The fraction of sp³-hybridized carbons (Fsp3) is 0.979. The summed E-state index contributed by atoms with van der Waals surface area (Å²) in [5.41, 5.74) is 0. The molecule has 0 saturated carbocycles. The second-order valence-electron chi connectivity index (χ2n) is 17.2. The average molecular weight is 817 g/mol. The highest BCUT2D eigenvalue weighted by Gasteiger charge is 2.21. The van der Waals surface area contributed by atoms with E-state index < -0.39 is 13.9 Å². The van der Waals surface area contributed by atoms with Crippen LogP contribution in [0.1, 0.15) is 277 Å². The van der Waals surface area contributed by atoms with Gasteiger partial charge in [-0.05, 0) is 12.8 Å². The van der Waals surface area contributed by atoms with Crippen molar-refractivity contribution in [2.24, 2.45) is 0 Å². The summed E-state index contributed by atoms with van der Waals surface area (Å²) >= 11 is 0. The molecule has 56 heavy (non-hydrogen) atoms. The van der Waals surface area contributed by atoms with Gasteiger partial charge in [0.25, 0.3) is 0 Å². The molecule has 0 spiro atoms. The van der Waals surface area contributed by atoms with Crippen LogP contribution in [-0.2, 0) is 23.4 Å². The van der Waals surface area contributed by atoms with Gasteiger partial charge in [0.05, 0.1) is 13.2 Å². The Bertz CT molecular complexity index is 819. The molecular weight excluding hydrogens is 719 g/mol. The zero-order valence-electron chi connectivity index (χ0n) is 37.6. The highest BCUT2D eigenvalue weighted by atomic mass is 31.2. The van der Waals surface area contributed by atoms with Crippen LogP contribution < -0.4 is 0 Å². The van der Waals surface area contributed by atoms with E-state index in [1.165, 1.54) is 225 Å². The van der Waals surface area contributed by atoms with E-state index in [-0.39, 0.29) is 19.2 Å². The molecule has 0 rings (SSSR count). The summed E-state index contributed by atoms with van der Waals surface area (Å²) in [5, 5.41) is 0. The zero-order valence-corrected chi connectivity index (χ0v) is 38.5. The lowest BCUT2D eigenvalue weighted by atomic mass is 10.0. The summed E-state index contributed by atoms with van der Waals surface area (Å²) in [5.74, 6) is -0.354. The van der Waals surface area contributed by atoms with Crippen LogP contribution in [0, 0.1) is 0 Å². The van der Waals surface area contributed by atoms with Crippen LogP contribution in [-0.4, -0.2) is 41.7 Å². The SMILES string of the molecule is CCCCCCCCCCCCCCCCCCCCCCCCCCCCCCC(=O)O[C@H](COCCCCCCCCCCCCCC)COP(=O)(O)O. The van der Waals surface area contributed by atoms with E-state index in [1.807, 2.05) is 0 Å². The molecule has 2 N–H and O–H groups in total. The largest absolute Gasteiger partial charge is 0.469 e. The lowest BCUT2D eigenvalue weighted by Crippen LogP contribution is -2.28. The third-order valence-electron chi connectivity index (χ3n) is 11.4. The summed E-state index contributed by atoms with van der Waals surface area (Å²) in [7, 11) is -4.65. The van der Waals surface area contributed by atoms with E-state index in [2.05, 4.69) is 18.4 Å². The Labute approximate surface area is 349 Å². The third-order valence-corrected chi connectivity index (χ3v) is 11.9. The van der Waals surface area contributed by atoms with Crippen molar-refractivity contribution in [3.63, 3.8) is 0 Å². The standard InChI is InChI=1S/C48H97O7P/c1-3-5-7-9-11-13-15-17-18-19-20-21-22-23-24-25-26-27-28-29-30-31-32-33-35-37-39-41-43-48(49)55-47(46-54-56(50,51)52)45-53-44-42-40-38-36-34-16-14-12-10-8-6-4-2/h47H,3-46H2,1-2H3,(H2,50,51,52)/t47-/m1/s1. The molecule has 0 aromatic rings. The van der Waals surface area contributed by atoms with Gasteiger partial charge in [-0.3, -0.25) is 9.32 Å². The fourth-order valence-electron chi connectivity index (χ4n) is 7.74. The Morgan fingerprint density at radius 2 is 0.679 bits per heavy atom. The van der Waals surface area contributed by atoms with Gasteiger partial charge in [-0.25, -0.2) is 4.57 Å². The highest BCUT2D eigenvalue weighted by Crippen LogP contribution is 2.36. The Hall–Kier alpha value is -0.460. The average Bonchev–Trinajstić information content (AvgIpc) is 3.17. The van der Waals surface area contributed by atoms with Crippen LogP contribution in [0.4, 0.5) is 0 Å². The molecule has 0 aliphatic carbocycles. The molecule has 8 heteroatoms. The first kappa shape index (κ1) is 55.5. The third kappa shape index (κ3) is 47.9. The van der Waals surface area contributed by atoms with Crippen LogP contribution in [0.15, 0.2) is 0 Å². The van der Waals surface area contributed by atoms with Crippen molar-refractivity contribution >= 4 is 13.8 Å². The van der Waals surface area contributed by atoms with Gasteiger partial charge in [-0.1, -0.05) is 258 Å². The number of phosphoric ester groups is 1. The molecule has 336 valence electrons. The minimum absolute atomic E-state index is 0.0866. The number of carbonyl (C=O) groups excluding carboxylic acids is 1. The van der Waals surface area contributed by atoms with Crippen molar-refractivity contribution in [1.29, 1.82) is 0 Å². The van der Waals surface area contributed by atoms with Crippen LogP contribution in [0.2, 0.25) is 0 Å². The topological polar surface area (TPSA) is 102 Å². The zero-order chi connectivity index (χ0) is 40.9. The van der Waals surface area contributed by atoms with Crippen molar-refractivity contribution in [3.8, 4) is 0 Å². The smallest absolute Gasteiger partial charge is 0.457 e. The van der Waals surface area contributed by atoms with Crippen LogP contribution in [0.25, 0.3) is 0 Å². The molecule has 7 nitrogen and oxygen atoms in total. The van der Waals surface area contributed by atoms with Gasteiger partial charge in [0.2, 0.25) is 0 Å². The van der Waals surface area contributed by atoms with E-state index in [0.29, 0.717) is 13.0 Å². The van der Waals surface area contributed by atoms with Gasteiger partial charge >= 0.3 is 13.8 Å². The van der Waals surface area contributed by atoms with Gasteiger partial charge in [0.15, 0.2) is 0 Å². The maximum absolute atomic E-state index is 12.4. The molecule has 1 atom stereocenters. The lowest BCUT2D eigenvalue weighted by Gasteiger charge is -2.18. The van der Waals surface area contributed by atoms with Gasteiger partial charge in [-0.2, -0.15) is 0 Å². The normalized spacial score (nSPS) is 12.4. The first-order chi connectivity index (χ1) is 27.4. The molecular formula is C48H97O7P. The summed E-state index contributed by atoms with van der Waals surface area (Å²) in [6.45, 7) is 4.81. The molecule has 0 saturated heterocycles. The van der Waals surface area contributed by atoms with Crippen molar-refractivity contribution in [2.45, 2.75) is 283 Å². The minimum Gasteiger partial charge on any atom is -0.457 e. The summed E-state index contributed by atoms with van der Waals surface area (Å²) in [4.78, 5) is 30.7. The minimum atomic E-state index is -4.65. The Balaban J connectivity index is 3.58. The summed E-state index contributed by atoms with van der Waals surface area (Å²) < 4.78 is 27.1. The first-order valence-electron chi connectivity index (χ1n) is 24.9. The van der Waals surface area contributed by atoms with Gasteiger partial charge in [-0.15, -0.1) is 0 Å². The Morgan fingerprint density at radius 3 is 0.964 bits per heavy atom. The molecule has 0 aliphatic heterocycles. The first-order valence-corrected chi connectivity index (χ1v) is 26.4. The number of rotatable bonds is 48. The number of esters is 1. The maximum Gasteiger partial charge on any atom is 0.469 e. The predicted octanol–water partition coefficient (Wildman–Crippen LogP) is 16.1. The van der Waals surface area contributed by atoms with Crippen molar-refractivity contribution < 1.29 is 33.1 Å². The molecule has 0 aromatic heterocycles. The molecule has 0 radical (unpaired) electrons. The van der Waals surface area contributed by atoms with E-state index in [9.17, 15) is 9.36 Å². The van der Waals surface area contributed by atoms with E-state index >= 15 is 0 Å². The molecule has 0 bridgehead atoms. The Morgan fingerprint density at radius 1 is 0.411 bits per heavy atom. The van der Waals surface area contributed by atoms with Crippen molar-refractivity contribution in [3.05, 3.63) is 0 Å². The molecule has 0 fully saturated rings. The number of unbranched alkanes of at least 4 members (excludes halogenated alkanes) is 38. The number of ether oxygens (including phenoxy) is 2. The molecule has 0 aliphatic rings. The fourth-order valence-corrected chi connectivity index (χ4v) is 8.10. The number of hydrogen-bond donors (Lipinski definition) is 2. The van der Waals surface area contributed by atoms with Crippen molar-refractivity contribution in [1.82, 2.24) is 0 Å². The number of hydrogen-bond acceptors (Lipinski definition) is 5. The lowest BCUT2D eigenvalue weighted by molar-refractivity contribution is -0.154. The van der Waals surface area contributed by atoms with E-state index in [0.717, 1.165) is 32.1 Å². The molecule has 0 unspecified atom stereocenters. The summed E-state index contributed by atoms with van der Waals surface area (Å²) in [6, 6.07) is 0. The van der Waals surface area contributed by atoms with E-state index in [1.54, 1.807) is 0 Å². The monoisotopic (exact) mass is 817 g/mol. The molecule has 0 aromatic carbocycles. The summed E-state index contributed by atoms with van der Waals surface area (Å²) in [6.07, 6.45) is 52.8. The predicted molar refractivity (Wildman–Crippen MR) is 239 cm³/mol. The van der Waals surface area contributed by atoms with Gasteiger partial charge in [0.1, 0.15) is 6.10 Å². The van der Waals surface area contributed by atoms with Gasteiger partial charge in [0, 0.05) is 13.0 Å². The second-order valence-corrected chi connectivity index (χ2v) is 18.4. The van der Waals surface area contributed by atoms with Crippen molar-refractivity contribution in [2.75, 3.05) is 19.8 Å². The quantitative estimate of drug-likeness (QED) is 0.0358. The number of phosphoric acid groups is 1. The van der Waals surface area contributed by atoms with Crippen LogP contribution in [0.3, 0.4) is 0 Å². The highest BCUT2D eigenvalue weighted by molar-refractivity contribution is 7.46. The maximum atomic E-state index is 12.4. The Kier molecular flexibility index (Phi) is 45.2. The second kappa shape index (κ2) is 45.6. The number of carbonyl (C=O) groups is 1. The molecule has 0 amide bonds. The molecule has 0 heterocycles. The van der Waals surface area contributed by atoms with Crippen LogP contribution in [0.5, 0.6) is 0 Å². The van der Waals surface area contributed by atoms with E-state index in [4.69, 9.17) is 19.3 Å². The van der Waals surface area contributed by atoms with Crippen LogP contribution >= 0.6 is 7.82 Å².